The van der Waals surface area contributed by atoms with Crippen LogP contribution < -0.4 is 5.32 Å². The monoisotopic (exact) mass is 325 g/mol. The predicted molar refractivity (Wildman–Crippen MR) is 89.1 cm³/mol. The summed E-state index contributed by atoms with van der Waals surface area (Å²) in [5, 5.41) is 8.09. The van der Waals surface area contributed by atoms with Crippen molar-refractivity contribution < 1.29 is 4.21 Å². The van der Waals surface area contributed by atoms with Crippen LogP contribution in [0.3, 0.4) is 0 Å². The van der Waals surface area contributed by atoms with Crippen molar-refractivity contribution in [2.45, 2.75) is 31.3 Å². The van der Waals surface area contributed by atoms with Gasteiger partial charge >= 0.3 is 0 Å². The van der Waals surface area contributed by atoms with Gasteiger partial charge in [-0.1, -0.05) is 12.1 Å². The summed E-state index contributed by atoms with van der Waals surface area (Å²) in [5.41, 5.74) is 0. The Labute approximate surface area is 130 Å². The third kappa shape index (κ3) is 3.79. The summed E-state index contributed by atoms with van der Waals surface area (Å²) in [5.74, 6) is 1.71. The van der Waals surface area contributed by atoms with Crippen molar-refractivity contribution in [3.05, 3.63) is 44.8 Å². The highest BCUT2D eigenvalue weighted by molar-refractivity contribution is 7.85. The lowest BCUT2D eigenvalue weighted by Crippen LogP contribution is -2.38. The highest BCUT2D eigenvalue weighted by Gasteiger charge is 2.22. The molecule has 0 spiro atoms. The van der Waals surface area contributed by atoms with E-state index in [2.05, 4.69) is 40.3 Å². The number of nitrogens with one attached hydrogen (secondary N) is 1. The smallest absolute Gasteiger partial charge is 0.0465 e. The molecule has 3 heterocycles. The molecule has 2 aromatic heterocycles. The Bertz CT molecular complexity index is 525. The van der Waals surface area contributed by atoms with Gasteiger partial charge in [0.2, 0.25) is 0 Å². The van der Waals surface area contributed by atoms with Crippen LogP contribution in [-0.2, 0) is 17.2 Å². The molecule has 1 fully saturated rings. The van der Waals surface area contributed by atoms with Crippen molar-refractivity contribution in [3.8, 4) is 0 Å². The molecule has 0 bridgehead atoms. The quantitative estimate of drug-likeness (QED) is 0.910. The lowest BCUT2D eigenvalue weighted by molar-refractivity contribution is 0.413. The van der Waals surface area contributed by atoms with Gasteiger partial charge in [0.05, 0.1) is 0 Å². The molecular formula is C15H19NOS3. The molecule has 1 unspecified atom stereocenters. The number of rotatable bonds is 5. The molecule has 0 aliphatic carbocycles. The van der Waals surface area contributed by atoms with Crippen LogP contribution in [-0.4, -0.2) is 21.8 Å². The van der Waals surface area contributed by atoms with E-state index in [1.807, 2.05) is 22.7 Å². The Kier molecular flexibility index (Phi) is 5.04. The second-order valence-electron chi connectivity index (χ2n) is 5.14. The van der Waals surface area contributed by atoms with Gasteiger partial charge in [0.1, 0.15) is 0 Å². The normalized spacial score (nSPS) is 24.6. The molecule has 1 saturated heterocycles. The maximum atomic E-state index is 11.5. The standard InChI is InChI=1S/C15H19NOS3/c17-20-9-5-12(6-10-20)16-14(15-4-2-8-19-15)11-13-3-1-7-18-13/h1-4,7-8,12,14,16H,5-6,9-11H2. The first kappa shape index (κ1) is 14.4. The van der Waals surface area contributed by atoms with Gasteiger partial charge in [-0.05, 0) is 35.7 Å². The zero-order valence-corrected chi connectivity index (χ0v) is 13.7. The van der Waals surface area contributed by atoms with Crippen molar-refractivity contribution in [3.63, 3.8) is 0 Å². The molecule has 1 atom stereocenters. The molecule has 0 radical (unpaired) electrons. The minimum atomic E-state index is -0.579. The Morgan fingerprint density at radius 1 is 1.20 bits per heavy atom. The van der Waals surface area contributed by atoms with Gasteiger partial charge < -0.3 is 5.32 Å². The third-order valence-electron chi connectivity index (χ3n) is 3.70. The lowest BCUT2D eigenvalue weighted by atomic mass is 10.1. The highest BCUT2D eigenvalue weighted by atomic mass is 32.2. The summed E-state index contributed by atoms with van der Waals surface area (Å²) in [4.78, 5) is 2.83. The summed E-state index contributed by atoms with van der Waals surface area (Å²) >= 11 is 3.65. The summed E-state index contributed by atoms with van der Waals surface area (Å²) in [6.45, 7) is 0. The molecule has 1 N–H and O–H groups in total. The molecular weight excluding hydrogens is 306 g/mol. The van der Waals surface area contributed by atoms with Gasteiger partial charge in [0.15, 0.2) is 0 Å². The van der Waals surface area contributed by atoms with E-state index < -0.39 is 10.8 Å². The van der Waals surface area contributed by atoms with Crippen LogP contribution in [0.4, 0.5) is 0 Å². The van der Waals surface area contributed by atoms with E-state index in [0.29, 0.717) is 12.1 Å². The molecule has 5 heteroatoms. The number of hydrogen-bond donors (Lipinski definition) is 1. The van der Waals surface area contributed by atoms with Crippen molar-refractivity contribution in [1.29, 1.82) is 0 Å². The molecule has 0 aromatic carbocycles. The van der Waals surface area contributed by atoms with Gasteiger partial charge in [0, 0.05) is 50.6 Å². The topological polar surface area (TPSA) is 29.1 Å². The van der Waals surface area contributed by atoms with Crippen LogP contribution in [0.25, 0.3) is 0 Å². The second-order valence-corrected chi connectivity index (χ2v) is 8.85. The van der Waals surface area contributed by atoms with Crippen LogP contribution in [0.5, 0.6) is 0 Å². The van der Waals surface area contributed by atoms with E-state index in [4.69, 9.17) is 0 Å². The van der Waals surface area contributed by atoms with Gasteiger partial charge in [-0.25, -0.2) is 0 Å². The second kappa shape index (κ2) is 6.98. The Hall–Kier alpha value is -0.490. The highest BCUT2D eigenvalue weighted by Crippen LogP contribution is 2.26. The Morgan fingerprint density at radius 2 is 1.95 bits per heavy atom. The van der Waals surface area contributed by atoms with Gasteiger partial charge in [0.25, 0.3) is 0 Å². The van der Waals surface area contributed by atoms with Crippen LogP contribution in [0.1, 0.15) is 28.6 Å². The van der Waals surface area contributed by atoms with E-state index in [1.54, 1.807) is 0 Å². The summed E-state index contributed by atoms with van der Waals surface area (Å²) in [7, 11) is -0.579. The average Bonchev–Trinajstić information content (AvgIpc) is 3.12. The maximum Gasteiger partial charge on any atom is 0.0465 e. The van der Waals surface area contributed by atoms with E-state index in [9.17, 15) is 4.21 Å². The molecule has 3 rings (SSSR count). The van der Waals surface area contributed by atoms with Crippen molar-refractivity contribution >= 4 is 33.5 Å². The van der Waals surface area contributed by atoms with Crippen LogP contribution in [0.15, 0.2) is 35.0 Å². The third-order valence-corrected chi connectivity index (χ3v) is 6.96. The molecule has 0 saturated carbocycles. The SMILES string of the molecule is O=S1CCC(NC(Cc2cccs2)c2cccs2)CC1. The van der Waals surface area contributed by atoms with Crippen molar-refractivity contribution in [2.75, 3.05) is 11.5 Å². The first-order valence-corrected chi connectivity index (χ1v) is 10.2. The number of hydrogen-bond acceptors (Lipinski definition) is 4. The Morgan fingerprint density at radius 3 is 2.60 bits per heavy atom. The van der Waals surface area contributed by atoms with Gasteiger partial charge in [-0.3, -0.25) is 4.21 Å². The molecule has 20 heavy (non-hydrogen) atoms. The van der Waals surface area contributed by atoms with E-state index in [0.717, 1.165) is 30.8 Å². The largest absolute Gasteiger partial charge is 0.306 e. The minimum Gasteiger partial charge on any atom is -0.306 e. The summed E-state index contributed by atoms with van der Waals surface area (Å²) in [6, 6.07) is 9.58. The first-order chi connectivity index (χ1) is 9.81. The van der Waals surface area contributed by atoms with E-state index in [1.165, 1.54) is 9.75 Å². The average molecular weight is 326 g/mol. The van der Waals surface area contributed by atoms with E-state index in [-0.39, 0.29) is 0 Å². The van der Waals surface area contributed by atoms with Crippen LogP contribution >= 0.6 is 22.7 Å². The zero-order chi connectivity index (χ0) is 13.8. The van der Waals surface area contributed by atoms with Crippen LogP contribution in [0.2, 0.25) is 0 Å². The van der Waals surface area contributed by atoms with Gasteiger partial charge in [-0.15, -0.1) is 22.7 Å². The number of thiophene rings is 2. The van der Waals surface area contributed by atoms with Crippen molar-refractivity contribution in [2.24, 2.45) is 0 Å². The fraction of sp³-hybridized carbons (Fsp3) is 0.467. The fourth-order valence-electron chi connectivity index (χ4n) is 2.61. The summed E-state index contributed by atoms with van der Waals surface area (Å²) < 4.78 is 11.5. The molecule has 2 aromatic rings. The maximum absolute atomic E-state index is 11.5. The fourth-order valence-corrected chi connectivity index (χ4v) is 5.44. The zero-order valence-electron chi connectivity index (χ0n) is 11.3. The lowest BCUT2D eigenvalue weighted by Gasteiger charge is -2.27. The molecule has 108 valence electrons. The minimum absolute atomic E-state index is 0.394. The van der Waals surface area contributed by atoms with Gasteiger partial charge in [-0.2, -0.15) is 0 Å². The van der Waals surface area contributed by atoms with Crippen molar-refractivity contribution in [1.82, 2.24) is 5.32 Å². The Balaban J connectivity index is 1.67. The summed E-state index contributed by atoms with van der Waals surface area (Å²) in [6.07, 6.45) is 3.13. The van der Waals surface area contributed by atoms with E-state index >= 15 is 0 Å². The first-order valence-electron chi connectivity index (χ1n) is 6.98. The molecule has 1 aliphatic heterocycles. The van der Waals surface area contributed by atoms with Crippen LogP contribution in [0, 0.1) is 0 Å². The molecule has 0 amide bonds. The molecule has 1 aliphatic rings. The predicted octanol–water partition coefficient (Wildman–Crippen LogP) is 3.59. The molecule has 2 nitrogen and oxygen atoms in total.